The van der Waals surface area contributed by atoms with Crippen molar-refractivity contribution in [3.8, 4) is 0 Å². The largest absolute Gasteiger partial charge is 0.394 e. The number of carbonyl (C=O) groups excluding carboxylic acids is 13. The van der Waals surface area contributed by atoms with Crippen LogP contribution in [-0.2, 0) is 68.7 Å². The lowest BCUT2D eigenvalue weighted by Gasteiger charge is -2.31. The maximum absolute atomic E-state index is 14.2. The van der Waals surface area contributed by atoms with Crippen LogP contribution in [0.1, 0.15) is 140 Å². The Bertz CT molecular complexity index is 2730. The van der Waals surface area contributed by atoms with E-state index in [4.69, 9.17) is 22.9 Å². The first kappa shape index (κ1) is 80.6. The van der Waals surface area contributed by atoms with E-state index in [0.717, 1.165) is 5.56 Å². The first-order chi connectivity index (χ1) is 43.5. The number of rotatable bonds is 40. The number of aliphatic hydroxyl groups is 1. The van der Waals surface area contributed by atoms with Gasteiger partial charge < -0.3 is 91.4 Å². The van der Waals surface area contributed by atoms with Gasteiger partial charge in [0.2, 0.25) is 76.8 Å². The summed E-state index contributed by atoms with van der Waals surface area (Å²) in [5.41, 5.74) is 23.5. The smallest absolute Gasteiger partial charge is 0.245 e. The number of primary amides is 1. The normalized spacial score (nSPS) is 16.2. The summed E-state index contributed by atoms with van der Waals surface area (Å²) >= 11 is 0. The second-order valence-corrected chi connectivity index (χ2v) is 25.6. The monoisotopic (exact) mass is 1310 g/mol. The number of benzene rings is 1. The second-order valence-electron chi connectivity index (χ2n) is 25.6. The number of hydrogen-bond donors (Lipinski definition) is 16. The maximum Gasteiger partial charge on any atom is 0.245 e. The van der Waals surface area contributed by atoms with Crippen LogP contribution in [0.15, 0.2) is 35.3 Å². The molecule has 0 bridgehead atoms. The van der Waals surface area contributed by atoms with Gasteiger partial charge >= 0.3 is 0 Å². The Hall–Kier alpha value is -8.48. The van der Waals surface area contributed by atoms with E-state index in [-0.39, 0.29) is 94.1 Å². The highest BCUT2D eigenvalue weighted by molar-refractivity contribution is 5.99. The molecule has 1 aromatic carbocycles. The lowest BCUT2D eigenvalue weighted by Crippen LogP contribution is -2.60. The number of likely N-dealkylation sites (tertiary alicyclic amines) is 1. The molecule has 1 fully saturated rings. The van der Waals surface area contributed by atoms with Crippen LogP contribution in [0.5, 0.6) is 0 Å². The molecule has 1 aromatic rings. The van der Waals surface area contributed by atoms with Crippen LogP contribution in [0.25, 0.3) is 0 Å². The van der Waals surface area contributed by atoms with Crippen LogP contribution in [0.3, 0.4) is 0 Å². The van der Waals surface area contributed by atoms with Crippen LogP contribution in [0.2, 0.25) is 0 Å². The van der Waals surface area contributed by atoms with Gasteiger partial charge in [0.25, 0.3) is 0 Å². The van der Waals surface area contributed by atoms with Gasteiger partial charge in [0, 0.05) is 13.1 Å². The van der Waals surface area contributed by atoms with E-state index in [2.05, 4.69) is 63.5 Å². The van der Waals surface area contributed by atoms with Crippen molar-refractivity contribution in [3.63, 3.8) is 0 Å². The fraction of sp³-hybridized carbons (Fsp3) is 0.677. The molecule has 1 heterocycles. The molecule has 31 heteroatoms. The summed E-state index contributed by atoms with van der Waals surface area (Å²) in [4.78, 5) is 180. The summed E-state index contributed by atoms with van der Waals surface area (Å²) in [6.45, 7) is 18.5. The van der Waals surface area contributed by atoms with Crippen molar-refractivity contribution in [1.29, 1.82) is 0 Å². The number of nitrogens with zero attached hydrogens (tertiary/aromatic N) is 2. The van der Waals surface area contributed by atoms with Gasteiger partial charge in [-0.15, -0.1) is 0 Å². The van der Waals surface area contributed by atoms with Crippen LogP contribution in [-0.4, -0.2) is 192 Å². The molecule has 1 aliphatic rings. The molecule has 0 spiro atoms. The summed E-state index contributed by atoms with van der Waals surface area (Å²) in [5.74, 6) is -11.0. The number of aliphatic imine (C=N–C) groups is 1. The van der Waals surface area contributed by atoms with E-state index >= 15 is 0 Å². The lowest BCUT2D eigenvalue weighted by molar-refractivity contribution is -0.142. The van der Waals surface area contributed by atoms with E-state index in [0.29, 0.717) is 6.42 Å². The molecular weight excluding hydrogens is 1210 g/mol. The van der Waals surface area contributed by atoms with Crippen molar-refractivity contribution in [2.45, 2.75) is 207 Å². The predicted molar refractivity (Wildman–Crippen MR) is 346 cm³/mol. The highest BCUT2D eigenvalue weighted by atomic mass is 16.3. The second kappa shape index (κ2) is 40.5. The van der Waals surface area contributed by atoms with E-state index < -0.39 is 169 Å². The van der Waals surface area contributed by atoms with Crippen LogP contribution in [0, 0.1) is 29.6 Å². The van der Waals surface area contributed by atoms with Crippen molar-refractivity contribution in [2.75, 3.05) is 32.8 Å². The lowest BCUT2D eigenvalue weighted by atomic mass is 9.99. The predicted octanol–water partition coefficient (Wildman–Crippen LogP) is -3.45. The molecule has 0 unspecified atom stereocenters. The summed E-state index contributed by atoms with van der Waals surface area (Å²) in [6, 6.07) is -3.87. The third-order valence-corrected chi connectivity index (χ3v) is 14.9. The minimum Gasteiger partial charge on any atom is -0.394 e. The molecule has 1 aliphatic heterocycles. The molecule has 0 saturated carbocycles. The SMILES string of the molecule is CC(C)C[C@H](NC(=O)[C@H](C)NC(=O)CNC(=O)[C@H](CO)NC(=O)[C@H](CC(C)C)NC(=O)[C@@H](NC(=O)[C@H](CCCN=C(N)N)NC(=O)CNC(=O)[C@H](C)NC(=O)[C@H](CC(C)C)NC(=O)[C@@H]1CCCN1C(=O)[C@H](CC(C)C)NC(=O)[C@@H](N)Cc1ccccc1)C(C)C)C(N)=O. The number of carbonyl (C=O) groups is 13. The van der Waals surface area contributed by atoms with Crippen LogP contribution >= 0.6 is 0 Å². The summed E-state index contributed by atoms with van der Waals surface area (Å²) in [7, 11) is 0. The van der Waals surface area contributed by atoms with Gasteiger partial charge in [-0.1, -0.05) is 99.6 Å². The Balaban J connectivity index is 2.15. The van der Waals surface area contributed by atoms with Gasteiger partial charge in [0.05, 0.1) is 25.7 Å². The third-order valence-electron chi connectivity index (χ3n) is 14.9. The van der Waals surface area contributed by atoms with Gasteiger partial charge in [0.15, 0.2) is 5.96 Å². The zero-order valence-electron chi connectivity index (χ0n) is 56.0. The summed E-state index contributed by atoms with van der Waals surface area (Å²) in [6.07, 6.45) is 1.77. The molecule has 0 radical (unpaired) electrons. The topological polar surface area (TPSA) is 494 Å². The van der Waals surface area contributed by atoms with Gasteiger partial charge in [-0.2, -0.15) is 0 Å². The Kier molecular flexibility index (Phi) is 35.1. The molecule has 0 aliphatic carbocycles. The Labute approximate surface area is 545 Å². The maximum atomic E-state index is 14.2. The average molecular weight is 1310 g/mol. The Morgan fingerprint density at radius 3 is 1.56 bits per heavy atom. The average Bonchev–Trinajstić information content (AvgIpc) is 2.34. The van der Waals surface area contributed by atoms with Crippen molar-refractivity contribution in [1.82, 2.24) is 63.4 Å². The van der Waals surface area contributed by atoms with Crippen molar-refractivity contribution in [3.05, 3.63) is 35.9 Å². The number of amides is 13. The van der Waals surface area contributed by atoms with Crippen LogP contribution < -0.4 is 81.4 Å². The number of aliphatic hydroxyl groups excluding tert-OH is 1. The molecule has 13 amide bonds. The molecule has 1 saturated heterocycles. The first-order valence-electron chi connectivity index (χ1n) is 31.9. The number of nitrogens with two attached hydrogens (primary N) is 4. The fourth-order valence-electron chi connectivity index (χ4n) is 10.0. The molecule has 0 aromatic heterocycles. The standard InChI is InChI=1S/C62H105N17O14/c1-32(2)24-42(51(64)83)73-53(85)38(12)70-48(81)29-69-55(87)46(31-80)77-58(90)44(26-34(5)6)75-60(92)50(36(9)10)78-56(88)41(20-16-22-67-62(65)66)72-49(82)30-68-52(84)37(11)71-57(89)43(25-33(3)4)74-59(91)47-21-17-23-79(47)61(93)45(27-35(7)8)76-54(86)40(63)28-39-18-14-13-15-19-39/h13-15,18-19,32-38,40-47,50,80H,16-17,20-31,63H2,1-12H3,(H2,64,83)(H,68,84)(H,69,87)(H,70,81)(H,71,89)(H,72,82)(H,73,85)(H,74,91)(H,75,92)(H,76,86)(H,77,90)(H,78,88)(H4,65,66,67)/t37-,38-,40-,41-,42-,43-,44-,45-,46-,47-,50-/m0/s1. The zero-order chi connectivity index (χ0) is 70.4. The minimum absolute atomic E-state index is 0.0118. The molecule has 11 atom stereocenters. The van der Waals surface area contributed by atoms with Crippen molar-refractivity contribution in [2.24, 2.45) is 57.5 Å². The fourth-order valence-corrected chi connectivity index (χ4v) is 10.0. The summed E-state index contributed by atoms with van der Waals surface area (Å²) in [5, 5.41) is 38.0. The molecule has 93 heavy (non-hydrogen) atoms. The van der Waals surface area contributed by atoms with Gasteiger partial charge in [-0.3, -0.25) is 67.3 Å². The summed E-state index contributed by atoms with van der Waals surface area (Å²) < 4.78 is 0. The molecule has 2 rings (SSSR count). The van der Waals surface area contributed by atoms with E-state index in [1.54, 1.807) is 27.7 Å². The van der Waals surface area contributed by atoms with Crippen LogP contribution in [0.4, 0.5) is 0 Å². The Morgan fingerprint density at radius 1 is 0.527 bits per heavy atom. The third kappa shape index (κ3) is 29.8. The molecular formula is C62H105N17O14. The number of guanidine groups is 1. The van der Waals surface area contributed by atoms with E-state index in [1.807, 2.05) is 71.9 Å². The molecule has 31 nitrogen and oxygen atoms in total. The number of nitrogens with one attached hydrogen (secondary N) is 11. The van der Waals surface area contributed by atoms with E-state index in [1.165, 1.54) is 18.7 Å². The highest BCUT2D eigenvalue weighted by Crippen LogP contribution is 2.22. The highest BCUT2D eigenvalue weighted by Gasteiger charge is 2.40. The molecule has 20 N–H and O–H groups in total. The number of hydrogen-bond acceptors (Lipinski definition) is 16. The van der Waals surface area contributed by atoms with Crippen molar-refractivity contribution >= 4 is 82.8 Å². The quantitative estimate of drug-likeness (QED) is 0.0173. The minimum atomic E-state index is -1.62. The van der Waals surface area contributed by atoms with Gasteiger partial charge in [-0.05, 0) is 107 Å². The van der Waals surface area contributed by atoms with Crippen molar-refractivity contribution < 1.29 is 67.4 Å². The molecule has 522 valence electrons. The van der Waals surface area contributed by atoms with E-state index in [9.17, 15) is 67.4 Å². The Morgan fingerprint density at radius 2 is 1.01 bits per heavy atom. The van der Waals surface area contributed by atoms with Gasteiger partial charge in [0.1, 0.15) is 60.4 Å². The first-order valence-corrected chi connectivity index (χ1v) is 31.9. The zero-order valence-corrected chi connectivity index (χ0v) is 56.0. The van der Waals surface area contributed by atoms with Gasteiger partial charge in [-0.25, -0.2) is 0 Å².